The van der Waals surface area contributed by atoms with Gasteiger partial charge in [-0.25, -0.2) is 4.98 Å². The van der Waals surface area contributed by atoms with Gasteiger partial charge in [-0.1, -0.05) is 18.2 Å². The standard InChI is InChI=1S/C23H27N3O3S/c1-15-7-6-8-16(2)22(15)25-21(27)13-26(3)12-18-14-30-23(24-18)17-9-10-19(28-4)20(11-17)29-5/h6-11,14H,12-13H2,1-5H3,(H,25,27)/p+1. The first kappa shape index (κ1) is 21.8. The number of benzene rings is 2. The van der Waals surface area contributed by atoms with Crippen molar-refractivity contribution in [3.05, 3.63) is 58.6 Å². The predicted molar refractivity (Wildman–Crippen MR) is 121 cm³/mol. The van der Waals surface area contributed by atoms with Crippen molar-refractivity contribution in [1.82, 2.24) is 4.98 Å². The van der Waals surface area contributed by atoms with Gasteiger partial charge >= 0.3 is 0 Å². The van der Waals surface area contributed by atoms with Gasteiger partial charge in [0.2, 0.25) is 0 Å². The maximum Gasteiger partial charge on any atom is 0.279 e. The summed E-state index contributed by atoms with van der Waals surface area (Å²) in [6.45, 7) is 5.05. The Morgan fingerprint density at radius 3 is 2.47 bits per heavy atom. The fourth-order valence-electron chi connectivity index (χ4n) is 3.33. The van der Waals surface area contributed by atoms with Crippen LogP contribution in [0.25, 0.3) is 10.6 Å². The van der Waals surface area contributed by atoms with Crippen LogP contribution < -0.4 is 19.7 Å². The molecule has 1 amide bonds. The molecule has 0 radical (unpaired) electrons. The lowest BCUT2D eigenvalue weighted by atomic mass is 10.1. The highest BCUT2D eigenvalue weighted by atomic mass is 32.1. The molecule has 2 aromatic carbocycles. The summed E-state index contributed by atoms with van der Waals surface area (Å²) in [5.74, 6) is 1.37. The molecule has 30 heavy (non-hydrogen) atoms. The number of methoxy groups -OCH3 is 2. The summed E-state index contributed by atoms with van der Waals surface area (Å²) in [6.07, 6.45) is 0. The fraction of sp³-hybridized carbons (Fsp3) is 0.304. The number of thiazole rings is 1. The number of carbonyl (C=O) groups is 1. The van der Waals surface area contributed by atoms with Gasteiger partial charge in [0.1, 0.15) is 17.2 Å². The highest BCUT2D eigenvalue weighted by Crippen LogP contribution is 2.33. The van der Waals surface area contributed by atoms with Crippen LogP contribution in [0.4, 0.5) is 5.69 Å². The highest BCUT2D eigenvalue weighted by molar-refractivity contribution is 7.13. The molecule has 3 aromatic rings. The van der Waals surface area contributed by atoms with E-state index in [1.165, 1.54) is 0 Å². The zero-order valence-electron chi connectivity index (χ0n) is 18.0. The van der Waals surface area contributed by atoms with Crippen LogP contribution in [0.1, 0.15) is 16.8 Å². The van der Waals surface area contributed by atoms with Crippen molar-refractivity contribution in [1.29, 1.82) is 0 Å². The van der Waals surface area contributed by atoms with Crippen molar-refractivity contribution in [3.63, 3.8) is 0 Å². The summed E-state index contributed by atoms with van der Waals surface area (Å²) < 4.78 is 10.7. The summed E-state index contributed by atoms with van der Waals surface area (Å²) in [5.41, 5.74) is 4.98. The molecule has 0 aliphatic heterocycles. The molecule has 0 spiro atoms. The Bertz CT molecular complexity index is 1010. The van der Waals surface area contributed by atoms with Gasteiger partial charge in [-0.2, -0.15) is 0 Å². The van der Waals surface area contributed by atoms with E-state index in [-0.39, 0.29) is 5.91 Å². The lowest BCUT2D eigenvalue weighted by Crippen LogP contribution is -3.08. The van der Waals surface area contributed by atoms with Crippen LogP contribution in [0.15, 0.2) is 41.8 Å². The summed E-state index contributed by atoms with van der Waals surface area (Å²) in [5, 5.41) is 6.00. The molecule has 1 heterocycles. The number of likely N-dealkylation sites (N-methyl/N-ethyl adjacent to an activating group) is 1. The number of nitrogens with one attached hydrogen (secondary N) is 2. The fourth-order valence-corrected chi connectivity index (χ4v) is 4.15. The van der Waals surface area contributed by atoms with E-state index >= 15 is 0 Å². The molecule has 0 aliphatic carbocycles. The molecule has 0 fully saturated rings. The third-order valence-corrected chi connectivity index (χ3v) is 5.81. The van der Waals surface area contributed by atoms with Crippen molar-refractivity contribution in [2.45, 2.75) is 20.4 Å². The number of nitrogens with zero attached hydrogens (tertiary/aromatic N) is 1. The Labute approximate surface area is 181 Å². The number of quaternary nitrogens is 1. The molecular formula is C23H28N3O3S+. The molecule has 6 nitrogen and oxygen atoms in total. The van der Waals surface area contributed by atoms with Crippen LogP contribution in [-0.4, -0.2) is 38.7 Å². The van der Waals surface area contributed by atoms with Gasteiger partial charge < -0.3 is 19.7 Å². The number of anilines is 1. The maximum absolute atomic E-state index is 12.5. The topological polar surface area (TPSA) is 64.9 Å². The molecule has 158 valence electrons. The molecule has 1 unspecified atom stereocenters. The van der Waals surface area contributed by atoms with E-state index in [0.29, 0.717) is 24.6 Å². The molecular weight excluding hydrogens is 398 g/mol. The largest absolute Gasteiger partial charge is 0.493 e. The van der Waals surface area contributed by atoms with E-state index in [1.54, 1.807) is 25.6 Å². The predicted octanol–water partition coefficient (Wildman–Crippen LogP) is 3.10. The smallest absolute Gasteiger partial charge is 0.279 e. The van der Waals surface area contributed by atoms with Gasteiger partial charge in [-0.15, -0.1) is 11.3 Å². The van der Waals surface area contributed by atoms with E-state index < -0.39 is 0 Å². The van der Waals surface area contributed by atoms with E-state index in [4.69, 9.17) is 14.5 Å². The quantitative estimate of drug-likeness (QED) is 0.581. The third-order valence-electron chi connectivity index (χ3n) is 4.87. The summed E-state index contributed by atoms with van der Waals surface area (Å²) in [7, 11) is 5.24. The van der Waals surface area contributed by atoms with Crippen LogP contribution in [0, 0.1) is 13.8 Å². The average molecular weight is 427 g/mol. The number of para-hydroxylation sites is 1. The number of aryl methyl sites for hydroxylation is 2. The number of amides is 1. The number of ether oxygens (including phenoxy) is 2. The Morgan fingerprint density at radius 2 is 1.80 bits per heavy atom. The second kappa shape index (κ2) is 9.73. The second-order valence-corrected chi connectivity index (χ2v) is 8.20. The van der Waals surface area contributed by atoms with Gasteiger partial charge in [0.05, 0.1) is 21.3 Å². The molecule has 3 rings (SSSR count). The van der Waals surface area contributed by atoms with Gasteiger partial charge in [-0.05, 0) is 43.2 Å². The van der Waals surface area contributed by atoms with Crippen molar-refractivity contribution >= 4 is 22.9 Å². The number of rotatable bonds is 8. The molecule has 1 aromatic heterocycles. The van der Waals surface area contributed by atoms with Gasteiger partial charge in [0.15, 0.2) is 18.0 Å². The number of hydrogen-bond acceptors (Lipinski definition) is 5. The lowest BCUT2D eigenvalue weighted by Gasteiger charge is -2.15. The molecule has 0 aliphatic rings. The monoisotopic (exact) mass is 426 g/mol. The Balaban J connectivity index is 1.62. The minimum absolute atomic E-state index is 0.000226. The lowest BCUT2D eigenvalue weighted by molar-refractivity contribution is -0.885. The van der Waals surface area contributed by atoms with Crippen molar-refractivity contribution in [2.24, 2.45) is 0 Å². The number of hydrogen-bond donors (Lipinski definition) is 2. The highest BCUT2D eigenvalue weighted by Gasteiger charge is 2.15. The number of carbonyl (C=O) groups excluding carboxylic acids is 1. The Morgan fingerprint density at radius 1 is 1.10 bits per heavy atom. The SMILES string of the molecule is COc1ccc(-c2nc(C[NH+](C)CC(=O)Nc3c(C)cccc3C)cs2)cc1OC. The maximum atomic E-state index is 12.5. The minimum atomic E-state index is 0.000226. The molecule has 0 bridgehead atoms. The van der Waals surface area contributed by atoms with Gasteiger partial charge in [0.25, 0.3) is 5.91 Å². The van der Waals surface area contributed by atoms with E-state index in [0.717, 1.165) is 38.0 Å². The van der Waals surface area contributed by atoms with Crippen molar-refractivity contribution < 1.29 is 19.2 Å². The molecule has 7 heteroatoms. The first-order chi connectivity index (χ1) is 14.4. The Kier molecular flexibility index (Phi) is 7.07. The van der Waals surface area contributed by atoms with Gasteiger partial charge in [-0.3, -0.25) is 4.79 Å². The summed E-state index contributed by atoms with van der Waals surface area (Å²) in [4.78, 5) is 18.3. The number of aromatic nitrogens is 1. The molecule has 1 atom stereocenters. The summed E-state index contributed by atoms with van der Waals surface area (Å²) in [6, 6.07) is 11.8. The van der Waals surface area contributed by atoms with E-state index in [1.807, 2.05) is 62.7 Å². The van der Waals surface area contributed by atoms with Crippen LogP contribution in [-0.2, 0) is 11.3 Å². The summed E-state index contributed by atoms with van der Waals surface area (Å²) >= 11 is 1.58. The zero-order chi connectivity index (χ0) is 21.7. The van der Waals surface area contributed by atoms with Crippen LogP contribution in [0.5, 0.6) is 11.5 Å². The first-order valence-corrected chi connectivity index (χ1v) is 10.6. The normalized spacial score (nSPS) is 11.8. The van der Waals surface area contributed by atoms with E-state index in [9.17, 15) is 4.79 Å². The van der Waals surface area contributed by atoms with Crippen LogP contribution >= 0.6 is 11.3 Å². The molecule has 2 N–H and O–H groups in total. The minimum Gasteiger partial charge on any atom is -0.493 e. The van der Waals surface area contributed by atoms with Crippen LogP contribution in [0.2, 0.25) is 0 Å². The first-order valence-electron chi connectivity index (χ1n) is 9.75. The molecule has 0 saturated carbocycles. The average Bonchev–Trinajstić information content (AvgIpc) is 3.18. The van der Waals surface area contributed by atoms with E-state index in [2.05, 4.69) is 5.32 Å². The van der Waals surface area contributed by atoms with Crippen molar-refractivity contribution in [3.8, 4) is 22.1 Å². The molecule has 0 saturated heterocycles. The zero-order valence-corrected chi connectivity index (χ0v) is 18.9. The van der Waals surface area contributed by atoms with Crippen LogP contribution in [0.3, 0.4) is 0 Å². The second-order valence-electron chi connectivity index (χ2n) is 7.34. The van der Waals surface area contributed by atoms with Gasteiger partial charge in [0, 0.05) is 16.6 Å². The third kappa shape index (κ3) is 5.17. The Hall–Kier alpha value is -2.90. The van der Waals surface area contributed by atoms with Crippen molar-refractivity contribution in [2.75, 3.05) is 33.1 Å².